The molecule has 0 radical (unpaired) electrons. The van der Waals surface area contributed by atoms with E-state index < -0.39 is 5.82 Å². The summed E-state index contributed by atoms with van der Waals surface area (Å²) in [6.45, 7) is 0.394. The van der Waals surface area contributed by atoms with Gasteiger partial charge in [-0.1, -0.05) is 0 Å². The molecule has 94 valence electrons. The van der Waals surface area contributed by atoms with E-state index in [0.717, 1.165) is 15.4 Å². The van der Waals surface area contributed by atoms with Gasteiger partial charge in [0.1, 0.15) is 5.82 Å². The smallest absolute Gasteiger partial charge is 0.253 e. The number of halogens is 2. The van der Waals surface area contributed by atoms with Gasteiger partial charge in [-0.2, -0.15) is 0 Å². The first-order valence-corrected chi connectivity index (χ1v) is 6.79. The first kappa shape index (κ1) is 13.0. The first-order chi connectivity index (χ1) is 8.56. The lowest BCUT2D eigenvalue weighted by Crippen LogP contribution is -2.23. The Labute approximate surface area is 116 Å². The zero-order valence-electron chi connectivity index (χ0n) is 9.24. The average molecular weight is 329 g/mol. The van der Waals surface area contributed by atoms with Gasteiger partial charge in [0.25, 0.3) is 5.91 Å². The fourth-order valence-corrected chi connectivity index (χ4v) is 2.83. The van der Waals surface area contributed by atoms with Crippen molar-refractivity contribution in [1.82, 2.24) is 5.32 Å². The number of benzene rings is 1. The van der Waals surface area contributed by atoms with Crippen LogP contribution in [-0.4, -0.2) is 5.91 Å². The van der Waals surface area contributed by atoms with Crippen molar-refractivity contribution < 1.29 is 9.18 Å². The van der Waals surface area contributed by atoms with Crippen LogP contribution in [0.5, 0.6) is 0 Å². The third-order valence-corrected chi connectivity index (χ3v) is 4.00. The van der Waals surface area contributed by atoms with Gasteiger partial charge in [-0.25, -0.2) is 4.39 Å². The fraction of sp³-hybridized carbons (Fsp3) is 0.0833. The van der Waals surface area contributed by atoms with Gasteiger partial charge in [-0.3, -0.25) is 4.79 Å². The van der Waals surface area contributed by atoms with E-state index in [2.05, 4.69) is 21.2 Å². The van der Waals surface area contributed by atoms with Crippen molar-refractivity contribution in [3.05, 3.63) is 50.4 Å². The van der Waals surface area contributed by atoms with Crippen LogP contribution >= 0.6 is 27.3 Å². The maximum atomic E-state index is 13.0. The van der Waals surface area contributed by atoms with Crippen LogP contribution in [0.1, 0.15) is 15.2 Å². The number of nitrogen functional groups attached to an aromatic ring is 1. The number of carbonyl (C=O) groups is 1. The van der Waals surface area contributed by atoms with Gasteiger partial charge >= 0.3 is 0 Å². The zero-order chi connectivity index (χ0) is 13.1. The van der Waals surface area contributed by atoms with Gasteiger partial charge in [0.15, 0.2) is 0 Å². The molecule has 18 heavy (non-hydrogen) atoms. The lowest BCUT2D eigenvalue weighted by Gasteiger charge is -2.06. The molecule has 0 unspecified atom stereocenters. The van der Waals surface area contributed by atoms with Crippen molar-refractivity contribution in [2.24, 2.45) is 0 Å². The zero-order valence-corrected chi connectivity index (χ0v) is 11.6. The SMILES string of the molecule is Nc1ccc(F)cc1C(=O)NCc1cc(Br)cs1. The third-order valence-electron chi connectivity index (χ3n) is 2.30. The second kappa shape index (κ2) is 5.49. The molecule has 6 heteroatoms. The van der Waals surface area contributed by atoms with Gasteiger partial charge in [0.2, 0.25) is 0 Å². The van der Waals surface area contributed by atoms with Crippen molar-refractivity contribution in [2.45, 2.75) is 6.54 Å². The molecule has 0 atom stereocenters. The normalized spacial score (nSPS) is 10.3. The number of carbonyl (C=O) groups excluding carboxylic acids is 1. The summed E-state index contributed by atoms with van der Waals surface area (Å²) in [5.74, 6) is -0.857. The van der Waals surface area contributed by atoms with Gasteiger partial charge < -0.3 is 11.1 Å². The van der Waals surface area contributed by atoms with Crippen LogP contribution in [0.4, 0.5) is 10.1 Å². The van der Waals surface area contributed by atoms with Crippen LogP contribution in [0.2, 0.25) is 0 Å². The summed E-state index contributed by atoms with van der Waals surface area (Å²) in [5, 5.41) is 4.63. The molecular formula is C12H10BrFN2OS. The third kappa shape index (κ3) is 3.08. The number of hydrogen-bond donors (Lipinski definition) is 2. The van der Waals surface area contributed by atoms with Gasteiger partial charge in [-0.05, 0) is 40.2 Å². The molecule has 1 aromatic heterocycles. The van der Waals surface area contributed by atoms with Crippen molar-refractivity contribution in [3.63, 3.8) is 0 Å². The number of amides is 1. The van der Waals surface area contributed by atoms with Crippen LogP contribution in [-0.2, 0) is 6.54 Å². The summed E-state index contributed by atoms with van der Waals surface area (Å²) in [7, 11) is 0. The van der Waals surface area contributed by atoms with Crippen LogP contribution in [0.15, 0.2) is 34.1 Å². The summed E-state index contributed by atoms with van der Waals surface area (Å²) in [6, 6.07) is 5.66. The number of rotatable bonds is 3. The monoisotopic (exact) mass is 328 g/mol. The topological polar surface area (TPSA) is 55.1 Å². The highest BCUT2D eigenvalue weighted by molar-refractivity contribution is 9.10. The maximum absolute atomic E-state index is 13.0. The molecule has 3 N–H and O–H groups in total. The van der Waals surface area contributed by atoms with Crippen LogP contribution < -0.4 is 11.1 Å². The minimum absolute atomic E-state index is 0.158. The second-order valence-electron chi connectivity index (χ2n) is 3.65. The molecule has 1 amide bonds. The first-order valence-electron chi connectivity index (χ1n) is 5.12. The Kier molecular flexibility index (Phi) is 3.98. The Morgan fingerprint density at radius 3 is 2.89 bits per heavy atom. The number of hydrogen-bond acceptors (Lipinski definition) is 3. The molecule has 0 spiro atoms. The molecule has 1 aromatic carbocycles. The van der Waals surface area contributed by atoms with Gasteiger partial charge in [-0.15, -0.1) is 11.3 Å². The summed E-state index contributed by atoms with van der Waals surface area (Å²) < 4.78 is 14.0. The van der Waals surface area contributed by atoms with E-state index in [0.29, 0.717) is 6.54 Å². The van der Waals surface area contributed by atoms with Crippen molar-refractivity contribution >= 4 is 38.9 Å². The number of anilines is 1. The van der Waals surface area contributed by atoms with Gasteiger partial charge in [0.05, 0.1) is 12.1 Å². The molecule has 0 saturated carbocycles. The number of thiophene rings is 1. The van der Waals surface area contributed by atoms with E-state index in [1.807, 2.05) is 11.4 Å². The molecule has 2 aromatic rings. The van der Waals surface area contributed by atoms with E-state index in [-0.39, 0.29) is 17.2 Å². The molecule has 0 aliphatic heterocycles. The Morgan fingerprint density at radius 2 is 2.22 bits per heavy atom. The molecule has 0 bridgehead atoms. The Hall–Kier alpha value is -1.40. The lowest BCUT2D eigenvalue weighted by atomic mass is 10.1. The van der Waals surface area contributed by atoms with Crippen LogP contribution in [0.25, 0.3) is 0 Å². The predicted molar refractivity (Wildman–Crippen MR) is 74.0 cm³/mol. The minimum Gasteiger partial charge on any atom is -0.398 e. The van der Waals surface area contributed by atoms with Gasteiger partial charge in [0, 0.05) is 20.4 Å². The second-order valence-corrected chi connectivity index (χ2v) is 5.56. The van der Waals surface area contributed by atoms with Crippen molar-refractivity contribution in [3.8, 4) is 0 Å². The highest BCUT2D eigenvalue weighted by Crippen LogP contribution is 2.20. The van der Waals surface area contributed by atoms with E-state index in [9.17, 15) is 9.18 Å². The van der Waals surface area contributed by atoms with Crippen molar-refractivity contribution in [2.75, 3.05) is 5.73 Å². The summed E-state index contributed by atoms with van der Waals surface area (Å²) in [4.78, 5) is 12.8. The highest BCUT2D eigenvalue weighted by Gasteiger charge is 2.10. The molecule has 2 rings (SSSR count). The van der Waals surface area contributed by atoms with Crippen molar-refractivity contribution in [1.29, 1.82) is 0 Å². The fourth-order valence-electron chi connectivity index (χ4n) is 1.43. The molecule has 0 fully saturated rings. The predicted octanol–water partition coefficient (Wildman–Crippen LogP) is 3.16. The molecular weight excluding hydrogens is 319 g/mol. The molecule has 0 aliphatic rings. The Balaban J connectivity index is 2.05. The van der Waals surface area contributed by atoms with E-state index in [1.165, 1.54) is 23.5 Å². The Morgan fingerprint density at radius 1 is 1.44 bits per heavy atom. The largest absolute Gasteiger partial charge is 0.398 e. The number of nitrogens with one attached hydrogen (secondary N) is 1. The van der Waals surface area contributed by atoms with Crippen LogP contribution in [0, 0.1) is 5.82 Å². The maximum Gasteiger partial charge on any atom is 0.253 e. The average Bonchev–Trinajstić information content (AvgIpc) is 2.75. The van der Waals surface area contributed by atoms with E-state index >= 15 is 0 Å². The summed E-state index contributed by atoms with van der Waals surface area (Å²) in [5.41, 5.74) is 6.05. The van der Waals surface area contributed by atoms with E-state index in [1.54, 1.807) is 0 Å². The summed E-state index contributed by atoms with van der Waals surface area (Å²) >= 11 is 4.86. The minimum atomic E-state index is -0.479. The highest BCUT2D eigenvalue weighted by atomic mass is 79.9. The molecule has 0 saturated heterocycles. The standard InChI is InChI=1S/C12H10BrFN2OS/c13-7-3-9(18-6-7)5-16-12(17)10-4-8(14)1-2-11(10)15/h1-4,6H,5,15H2,(H,16,17). The molecule has 3 nitrogen and oxygen atoms in total. The van der Waals surface area contributed by atoms with E-state index in [4.69, 9.17) is 5.73 Å². The number of nitrogens with two attached hydrogens (primary N) is 1. The lowest BCUT2D eigenvalue weighted by molar-refractivity contribution is 0.0952. The molecule has 1 heterocycles. The molecule has 0 aliphatic carbocycles. The summed E-state index contributed by atoms with van der Waals surface area (Å²) in [6.07, 6.45) is 0. The van der Waals surface area contributed by atoms with Crippen LogP contribution in [0.3, 0.4) is 0 Å². The Bertz CT molecular complexity index is 585. The quantitative estimate of drug-likeness (QED) is 0.850.